The van der Waals surface area contributed by atoms with Gasteiger partial charge in [0, 0.05) is 10.6 Å². The van der Waals surface area contributed by atoms with Gasteiger partial charge in [-0.15, -0.1) is 11.8 Å². The number of para-hydroxylation sites is 1. The van der Waals surface area contributed by atoms with Gasteiger partial charge in [0.15, 0.2) is 6.61 Å². The number of amides is 1. The second-order valence-corrected chi connectivity index (χ2v) is 10.5. The Morgan fingerprint density at radius 2 is 1.84 bits per heavy atom. The number of thioether (sulfide) groups is 2. The van der Waals surface area contributed by atoms with E-state index < -0.39 is 24.0 Å². The fourth-order valence-electron chi connectivity index (χ4n) is 4.09. The van der Waals surface area contributed by atoms with E-state index in [-0.39, 0.29) is 29.1 Å². The number of unbranched alkanes of at least 4 members (excludes halogenated alkanes) is 1. The van der Waals surface area contributed by atoms with Gasteiger partial charge >= 0.3 is 11.9 Å². The summed E-state index contributed by atoms with van der Waals surface area (Å²) in [7, 11) is 0. The van der Waals surface area contributed by atoms with Crippen LogP contribution in [0.15, 0.2) is 52.3 Å². The smallest absolute Gasteiger partial charge is 0.341 e. The van der Waals surface area contributed by atoms with E-state index in [2.05, 4.69) is 0 Å². The second kappa shape index (κ2) is 13.0. The van der Waals surface area contributed by atoms with Gasteiger partial charge in [0.25, 0.3) is 0 Å². The minimum absolute atomic E-state index is 0.0309. The standard InChI is InChI=1S/C27H31NO7S2/c1-4-7-13-27(5-2)25(32)28(18-11-9-8-10-12-18)19-14-22(36-17-24(31)34-6-3)20(35-16-23(29)30)15-21(19)37-26(27)33/h8-12,14-15H,4-7,13,16-17H2,1-3H3,(H,29,30). The summed E-state index contributed by atoms with van der Waals surface area (Å²) in [6.45, 7) is 5.22. The molecular weight excluding hydrogens is 514 g/mol. The molecule has 1 aliphatic heterocycles. The van der Waals surface area contributed by atoms with Crippen LogP contribution in [0.2, 0.25) is 0 Å². The normalized spacial score (nSPS) is 17.2. The Morgan fingerprint density at radius 1 is 1.11 bits per heavy atom. The highest BCUT2D eigenvalue weighted by Gasteiger charge is 2.49. The average molecular weight is 546 g/mol. The van der Waals surface area contributed by atoms with Gasteiger partial charge in [0.1, 0.15) is 11.2 Å². The van der Waals surface area contributed by atoms with Crippen molar-refractivity contribution >= 4 is 57.9 Å². The summed E-state index contributed by atoms with van der Waals surface area (Å²) in [6.07, 6.45) is 2.34. The minimum Gasteiger partial charge on any atom is -0.481 e. The number of hydrogen-bond donors (Lipinski definition) is 1. The highest BCUT2D eigenvalue weighted by atomic mass is 32.2. The van der Waals surface area contributed by atoms with Crippen LogP contribution in [-0.4, -0.2) is 47.0 Å². The number of nitrogens with zero attached hydrogens (tertiary/aromatic N) is 1. The maximum absolute atomic E-state index is 14.2. The van der Waals surface area contributed by atoms with Crippen molar-refractivity contribution in [3.8, 4) is 5.75 Å². The predicted molar refractivity (Wildman–Crippen MR) is 144 cm³/mol. The van der Waals surface area contributed by atoms with Crippen molar-refractivity contribution in [1.82, 2.24) is 0 Å². The monoisotopic (exact) mass is 545 g/mol. The zero-order valence-corrected chi connectivity index (χ0v) is 22.8. The Morgan fingerprint density at radius 3 is 2.46 bits per heavy atom. The highest BCUT2D eigenvalue weighted by Crippen LogP contribution is 2.51. The molecule has 10 heteroatoms. The molecule has 1 aliphatic rings. The third kappa shape index (κ3) is 6.48. The van der Waals surface area contributed by atoms with Crippen LogP contribution in [0.1, 0.15) is 46.5 Å². The molecule has 1 atom stereocenters. The first kappa shape index (κ1) is 28.6. The molecule has 37 heavy (non-hydrogen) atoms. The van der Waals surface area contributed by atoms with Gasteiger partial charge in [0.05, 0.1) is 22.9 Å². The number of ether oxygens (including phenoxy) is 2. The first-order chi connectivity index (χ1) is 17.8. The summed E-state index contributed by atoms with van der Waals surface area (Å²) in [4.78, 5) is 53.7. The fourth-order valence-corrected chi connectivity index (χ4v) is 6.05. The Kier molecular flexibility index (Phi) is 10.0. The molecule has 1 heterocycles. The Hall–Kier alpha value is -2.98. The summed E-state index contributed by atoms with van der Waals surface area (Å²) in [5.74, 6) is -1.71. The van der Waals surface area contributed by atoms with Crippen LogP contribution >= 0.6 is 23.5 Å². The predicted octanol–water partition coefficient (Wildman–Crippen LogP) is 5.69. The van der Waals surface area contributed by atoms with E-state index in [1.807, 2.05) is 44.2 Å². The van der Waals surface area contributed by atoms with E-state index in [1.54, 1.807) is 24.0 Å². The molecule has 8 nitrogen and oxygen atoms in total. The van der Waals surface area contributed by atoms with Crippen LogP contribution in [0, 0.1) is 5.41 Å². The number of carboxylic acid groups (broad SMARTS) is 1. The number of hydrogen-bond acceptors (Lipinski definition) is 8. The SMILES string of the molecule is CCCCC1(CC)C(=O)Sc2cc(OCC(=O)O)c(SCC(=O)OCC)cc2N(c2ccccc2)C1=O. The molecule has 0 saturated carbocycles. The summed E-state index contributed by atoms with van der Waals surface area (Å²) < 4.78 is 10.6. The van der Waals surface area contributed by atoms with Crippen LogP contribution in [-0.2, 0) is 23.9 Å². The maximum Gasteiger partial charge on any atom is 0.341 e. The number of carbonyl (C=O) groups is 4. The van der Waals surface area contributed by atoms with Crippen LogP contribution in [0.25, 0.3) is 0 Å². The molecule has 0 radical (unpaired) electrons. The first-order valence-corrected chi connectivity index (χ1v) is 14.0. The molecule has 198 valence electrons. The summed E-state index contributed by atoms with van der Waals surface area (Å²) in [6, 6.07) is 12.4. The van der Waals surface area contributed by atoms with Crippen molar-refractivity contribution in [2.75, 3.05) is 23.9 Å². The van der Waals surface area contributed by atoms with Crippen molar-refractivity contribution in [2.45, 2.75) is 56.2 Å². The number of esters is 1. The zero-order chi connectivity index (χ0) is 27.0. The van der Waals surface area contributed by atoms with E-state index in [0.717, 1.165) is 36.4 Å². The van der Waals surface area contributed by atoms with Crippen molar-refractivity contribution < 1.29 is 33.8 Å². The number of rotatable bonds is 12. The van der Waals surface area contributed by atoms with Gasteiger partial charge in [0.2, 0.25) is 11.0 Å². The molecule has 0 bridgehead atoms. The van der Waals surface area contributed by atoms with E-state index in [0.29, 0.717) is 34.0 Å². The number of benzene rings is 2. The van der Waals surface area contributed by atoms with Gasteiger partial charge in [-0.3, -0.25) is 19.3 Å². The second-order valence-electron chi connectivity index (χ2n) is 8.45. The molecule has 0 saturated heterocycles. The topological polar surface area (TPSA) is 110 Å². The molecule has 2 aromatic rings. The summed E-state index contributed by atoms with van der Waals surface area (Å²) >= 11 is 2.10. The van der Waals surface area contributed by atoms with Gasteiger partial charge < -0.3 is 14.6 Å². The quantitative estimate of drug-likeness (QED) is 0.204. The fraction of sp³-hybridized carbons (Fsp3) is 0.407. The molecule has 1 amide bonds. The highest BCUT2D eigenvalue weighted by molar-refractivity contribution is 8.14. The van der Waals surface area contributed by atoms with Gasteiger partial charge in [-0.05, 0) is 55.8 Å². The van der Waals surface area contributed by atoms with Gasteiger partial charge in [-0.2, -0.15) is 0 Å². The van der Waals surface area contributed by atoms with Gasteiger partial charge in [-0.25, -0.2) is 4.79 Å². The largest absolute Gasteiger partial charge is 0.481 e. The number of carboxylic acids is 1. The minimum atomic E-state index is -1.21. The number of anilines is 2. The zero-order valence-electron chi connectivity index (χ0n) is 21.2. The molecule has 0 aromatic heterocycles. The Bertz CT molecular complexity index is 1150. The molecule has 1 N–H and O–H groups in total. The van der Waals surface area contributed by atoms with Crippen LogP contribution in [0.3, 0.4) is 0 Å². The molecule has 0 aliphatic carbocycles. The van der Waals surface area contributed by atoms with Gasteiger partial charge in [-0.1, -0.05) is 44.9 Å². The summed E-state index contributed by atoms with van der Waals surface area (Å²) in [5.41, 5.74) is -0.120. The van der Waals surface area contributed by atoms with E-state index >= 15 is 0 Å². The molecule has 0 fully saturated rings. The van der Waals surface area contributed by atoms with E-state index in [9.17, 15) is 19.2 Å². The summed E-state index contributed by atoms with van der Waals surface area (Å²) in [5, 5.41) is 8.92. The van der Waals surface area contributed by atoms with E-state index in [4.69, 9.17) is 14.6 Å². The third-order valence-electron chi connectivity index (χ3n) is 6.05. The lowest BCUT2D eigenvalue weighted by Gasteiger charge is -2.33. The number of carbonyl (C=O) groups excluding carboxylic acids is 3. The lowest BCUT2D eigenvalue weighted by Crippen LogP contribution is -2.44. The van der Waals surface area contributed by atoms with Crippen LogP contribution in [0.5, 0.6) is 5.75 Å². The third-order valence-corrected chi connectivity index (χ3v) is 8.18. The Balaban J connectivity index is 2.19. The van der Waals surface area contributed by atoms with Crippen molar-refractivity contribution in [1.29, 1.82) is 0 Å². The molecule has 3 rings (SSSR count). The average Bonchev–Trinajstić information content (AvgIpc) is 2.97. The van der Waals surface area contributed by atoms with Crippen molar-refractivity contribution in [2.24, 2.45) is 5.41 Å². The lowest BCUT2D eigenvalue weighted by atomic mass is 9.79. The number of aliphatic carboxylic acids is 1. The molecule has 1 unspecified atom stereocenters. The molecule has 2 aromatic carbocycles. The maximum atomic E-state index is 14.2. The lowest BCUT2D eigenvalue weighted by molar-refractivity contribution is -0.140. The number of fused-ring (bicyclic) bond motifs is 1. The molecular formula is C27H31NO7S2. The molecule has 0 spiro atoms. The first-order valence-electron chi connectivity index (χ1n) is 12.2. The van der Waals surface area contributed by atoms with E-state index in [1.165, 1.54) is 0 Å². The van der Waals surface area contributed by atoms with Crippen LogP contribution in [0.4, 0.5) is 11.4 Å². The Labute approximate surface area is 225 Å². The van der Waals surface area contributed by atoms with Crippen molar-refractivity contribution in [3.05, 3.63) is 42.5 Å². The van der Waals surface area contributed by atoms with Crippen LogP contribution < -0.4 is 9.64 Å². The van der Waals surface area contributed by atoms with Crippen molar-refractivity contribution in [3.63, 3.8) is 0 Å².